The minimum absolute atomic E-state index is 0.0303. The van der Waals surface area contributed by atoms with Gasteiger partial charge >= 0.3 is 0 Å². The largest absolute Gasteiger partial charge is 0.246 e. The van der Waals surface area contributed by atoms with E-state index in [4.69, 9.17) is 0 Å². The molecule has 6 atom stereocenters. The summed E-state index contributed by atoms with van der Waals surface area (Å²) in [5, 5.41) is 0. The molecular weight excluding hydrogens is 771 g/mol. The van der Waals surface area contributed by atoms with Crippen LogP contribution in [0.3, 0.4) is 0 Å². The van der Waals surface area contributed by atoms with Crippen LogP contribution in [-0.4, -0.2) is 12.3 Å². The van der Waals surface area contributed by atoms with E-state index in [2.05, 4.69) is 51.4 Å². The molecule has 0 radical (unpaired) electrons. The molecule has 6 saturated carbocycles. The third-order valence-electron chi connectivity index (χ3n) is 18.5. The first-order chi connectivity index (χ1) is 30.9. The highest BCUT2D eigenvalue weighted by molar-refractivity contribution is 5.12. The topological polar surface area (TPSA) is 0 Å². The van der Waals surface area contributed by atoms with Crippen LogP contribution >= 0.6 is 0 Å². The number of halogens is 2. The summed E-state index contributed by atoms with van der Waals surface area (Å²) in [5.41, 5.74) is 0. The highest BCUT2D eigenvalue weighted by Gasteiger charge is 2.34. The van der Waals surface area contributed by atoms with E-state index < -0.39 is 12.3 Å². The molecule has 0 aromatic heterocycles. The fraction of sp³-hybridized carbons (Fsp3) is 0.934. The van der Waals surface area contributed by atoms with E-state index in [9.17, 15) is 8.78 Å². The zero-order valence-electron chi connectivity index (χ0n) is 42.4. The molecule has 0 heterocycles. The maximum atomic E-state index is 14.7. The number of hydrogen-bond acceptors (Lipinski definition) is 0. The quantitative estimate of drug-likeness (QED) is 0.0896. The monoisotopic (exact) mass is 875 g/mol. The number of unbranched alkanes of at least 4 members (excludes halogenated alkanes) is 9. The molecule has 63 heavy (non-hydrogen) atoms. The summed E-state index contributed by atoms with van der Waals surface area (Å²) in [7, 11) is 0. The average molecular weight is 875 g/mol. The standard InChI is InChI=1S/C31H53F.C30H51F/c1-3-5-7-9-10-25-12-18-28(19-13-25)29-20-14-26(15-21-29)16-22-30-23-17-27(24-31(30)32)11-8-6-4-2;1-3-5-7-9-24-11-17-27(18-12-24)28-19-13-25(14-20-28)15-21-29-22-16-26(23-30(29)31)10-8-6-4-2/h25-31H,3-15,17-21,23-24H2,1-2H3;24-30H,3-14,16-20,22-23H2,1-2H3/t25-,26?,27?,28-,29?,30?,31?;24-,25?,26?,27-,28?,29?,30?. The van der Waals surface area contributed by atoms with Crippen LogP contribution in [0.15, 0.2) is 0 Å². The molecule has 0 bridgehead atoms. The first-order valence-corrected chi connectivity index (χ1v) is 29.2. The van der Waals surface area contributed by atoms with Crippen LogP contribution < -0.4 is 0 Å². The average Bonchev–Trinajstić information content (AvgIpc) is 3.31. The molecule has 0 amide bonds. The van der Waals surface area contributed by atoms with Crippen molar-refractivity contribution >= 4 is 0 Å². The Morgan fingerprint density at radius 3 is 0.921 bits per heavy atom. The van der Waals surface area contributed by atoms with Crippen molar-refractivity contribution in [2.45, 2.75) is 290 Å². The molecule has 6 fully saturated rings. The third kappa shape index (κ3) is 19.6. The summed E-state index contributed by atoms with van der Waals surface area (Å²) in [5.74, 6) is 22.4. The first-order valence-electron chi connectivity index (χ1n) is 29.2. The lowest BCUT2D eigenvalue weighted by Crippen LogP contribution is -2.26. The highest BCUT2D eigenvalue weighted by atomic mass is 19.1. The lowest BCUT2D eigenvalue weighted by atomic mass is 9.68. The van der Waals surface area contributed by atoms with Gasteiger partial charge in [0, 0.05) is 11.8 Å². The van der Waals surface area contributed by atoms with Crippen LogP contribution in [0.1, 0.15) is 278 Å². The molecule has 2 heteroatoms. The Balaban J connectivity index is 0.000000238. The summed E-state index contributed by atoms with van der Waals surface area (Å²) in [4.78, 5) is 0. The number of rotatable bonds is 19. The summed E-state index contributed by atoms with van der Waals surface area (Å²) >= 11 is 0. The van der Waals surface area contributed by atoms with Crippen molar-refractivity contribution < 1.29 is 8.78 Å². The van der Waals surface area contributed by atoms with Gasteiger partial charge in [0.2, 0.25) is 0 Å². The predicted molar refractivity (Wildman–Crippen MR) is 270 cm³/mol. The van der Waals surface area contributed by atoms with Gasteiger partial charge in [-0.3, -0.25) is 0 Å². The van der Waals surface area contributed by atoms with E-state index >= 15 is 0 Å². The molecule has 0 aliphatic heterocycles. The van der Waals surface area contributed by atoms with Gasteiger partial charge in [-0.2, -0.15) is 0 Å². The van der Waals surface area contributed by atoms with Crippen molar-refractivity contribution in [3.8, 4) is 23.7 Å². The van der Waals surface area contributed by atoms with Gasteiger partial charge in [0.15, 0.2) is 0 Å². The molecule has 6 aliphatic carbocycles. The fourth-order valence-corrected chi connectivity index (χ4v) is 14.0. The minimum Gasteiger partial charge on any atom is -0.246 e. The lowest BCUT2D eigenvalue weighted by molar-refractivity contribution is 0.149. The molecule has 6 unspecified atom stereocenters. The molecular formula is C61H104F2. The van der Waals surface area contributed by atoms with Crippen molar-refractivity contribution in [1.82, 2.24) is 0 Å². The normalized spacial score (nSPS) is 36.2. The van der Waals surface area contributed by atoms with Gasteiger partial charge < -0.3 is 0 Å². The molecule has 0 aromatic carbocycles. The Bertz CT molecular complexity index is 1260. The van der Waals surface area contributed by atoms with E-state index in [1.54, 1.807) is 0 Å². The van der Waals surface area contributed by atoms with Gasteiger partial charge in [0.25, 0.3) is 0 Å². The van der Waals surface area contributed by atoms with Crippen LogP contribution in [0.5, 0.6) is 0 Å². The SMILES string of the molecule is CCCCCC1CCC(C#CC2CCC([C@H]3CC[C@H](CCCCC)CC3)CC2)C(F)C1.CCCCCC[C@H]1CC[C@H](C2CCC(C#CC3CCC(CCCCC)CC3F)CC2)CC1. The van der Waals surface area contributed by atoms with E-state index in [1.807, 2.05) is 0 Å². The van der Waals surface area contributed by atoms with Crippen molar-refractivity contribution in [3.63, 3.8) is 0 Å². The summed E-state index contributed by atoms with van der Waals surface area (Å²) in [6, 6.07) is 0. The Morgan fingerprint density at radius 2 is 0.587 bits per heavy atom. The number of alkyl halides is 2. The number of hydrogen-bond donors (Lipinski definition) is 0. The zero-order valence-corrected chi connectivity index (χ0v) is 42.4. The van der Waals surface area contributed by atoms with Crippen molar-refractivity contribution in [3.05, 3.63) is 0 Å². The predicted octanol–water partition coefficient (Wildman–Crippen LogP) is 19.4. The van der Waals surface area contributed by atoms with E-state index in [-0.39, 0.29) is 11.8 Å². The molecule has 0 aromatic rings. The van der Waals surface area contributed by atoms with Gasteiger partial charge in [-0.15, -0.1) is 0 Å². The van der Waals surface area contributed by atoms with Crippen molar-refractivity contribution in [2.75, 3.05) is 0 Å². The van der Waals surface area contributed by atoms with E-state index in [0.717, 1.165) is 61.2 Å². The second kappa shape index (κ2) is 31.1. The third-order valence-corrected chi connectivity index (χ3v) is 18.5. The van der Waals surface area contributed by atoms with Crippen molar-refractivity contribution in [1.29, 1.82) is 0 Å². The lowest BCUT2D eigenvalue weighted by Gasteiger charge is -2.37. The maximum absolute atomic E-state index is 14.7. The van der Waals surface area contributed by atoms with Crippen LogP contribution in [0.4, 0.5) is 8.78 Å². The zero-order chi connectivity index (χ0) is 44.5. The smallest absolute Gasteiger partial charge is 0.114 e. The Kier molecular flexibility index (Phi) is 26.1. The molecule has 0 N–H and O–H groups in total. The summed E-state index contributed by atoms with van der Waals surface area (Å²) in [6.45, 7) is 9.12. The van der Waals surface area contributed by atoms with Crippen LogP contribution in [0.25, 0.3) is 0 Å². The van der Waals surface area contributed by atoms with Crippen LogP contribution in [0, 0.1) is 94.7 Å². The Morgan fingerprint density at radius 1 is 0.302 bits per heavy atom. The molecule has 0 nitrogen and oxygen atoms in total. The van der Waals surface area contributed by atoms with Gasteiger partial charge in [-0.05, 0) is 163 Å². The van der Waals surface area contributed by atoms with Crippen LogP contribution in [0.2, 0.25) is 0 Å². The van der Waals surface area contributed by atoms with E-state index in [0.29, 0.717) is 23.7 Å². The van der Waals surface area contributed by atoms with Gasteiger partial charge in [-0.25, -0.2) is 8.78 Å². The maximum Gasteiger partial charge on any atom is 0.114 e. The van der Waals surface area contributed by atoms with Gasteiger partial charge in [-0.1, -0.05) is 186 Å². The van der Waals surface area contributed by atoms with Crippen LogP contribution in [-0.2, 0) is 0 Å². The Hall–Kier alpha value is -1.02. The Labute approximate surface area is 392 Å². The van der Waals surface area contributed by atoms with E-state index in [1.165, 1.54) is 225 Å². The van der Waals surface area contributed by atoms with Gasteiger partial charge in [0.1, 0.15) is 12.3 Å². The molecule has 0 spiro atoms. The first kappa shape index (κ1) is 52.9. The second-order valence-electron chi connectivity index (χ2n) is 23.3. The minimum atomic E-state index is -0.670. The van der Waals surface area contributed by atoms with Crippen molar-refractivity contribution in [2.24, 2.45) is 71.0 Å². The molecule has 6 rings (SSSR count). The highest BCUT2D eigenvalue weighted by Crippen LogP contribution is 2.44. The second-order valence-corrected chi connectivity index (χ2v) is 23.3. The molecule has 362 valence electrons. The van der Waals surface area contributed by atoms with Gasteiger partial charge in [0.05, 0.1) is 11.8 Å². The molecule has 0 saturated heterocycles. The molecule has 6 aliphatic rings. The summed E-state index contributed by atoms with van der Waals surface area (Å²) in [6.07, 6.45) is 50.3. The summed E-state index contributed by atoms with van der Waals surface area (Å²) < 4.78 is 29.4. The fourth-order valence-electron chi connectivity index (χ4n) is 14.0.